The average Bonchev–Trinajstić information content (AvgIpc) is 3.18. The summed E-state index contributed by atoms with van der Waals surface area (Å²) in [6.45, 7) is 0.678. The van der Waals surface area contributed by atoms with Gasteiger partial charge in [-0.3, -0.25) is 4.79 Å². The van der Waals surface area contributed by atoms with Crippen LogP contribution in [0.1, 0.15) is 34.8 Å². The number of para-hydroxylation sites is 1. The van der Waals surface area contributed by atoms with Gasteiger partial charge in [-0.05, 0) is 42.7 Å². The lowest BCUT2D eigenvalue weighted by Crippen LogP contribution is -2.35. The Hall–Kier alpha value is -3.02. The number of rotatable bonds is 4. The summed E-state index contributed by atoms with van der Waals surface area (Å²) in [5, 5.41) is 2.92. The van der Waals surface area contributed by atoms with Gasteiger partial charge in [0.2, 0.25) is 0 Å². The summed E-state index contributed by atoms with van der Waals surface area (Å²) in [5.74, 6) is 0.637. The van der Waals surface area contributed by atoms with Gasteiger partial charge in [0, 0.05) is 20.6 Å². The van der Waals surface area contributed by atoms with Crippen molar-refractivity contribution >= 4 is 17.6 Å². The molecule has 0 spiro atoms. The molecule has 6 nitrogen and oxygen atoms in total. The maximum Gasteiger partial charge on any atom is 0.322 e. The van der Waals surface area contributed by atoms with Gasteiger partial charge in [-0.25, -0.2) is 4.79 Å². The lowest BCUT2D eigenvalue weighted by molar-refractivity contribution is 0.0828. The highest BCUT2D eigenvalue weighted by molar-refractivity contribution is 6.03. The van der Waals surface area contributed by atoms with E-state index in [2.05, 4.69) is 5.32 Å². The number of carbonyl (C=O) groups excluding carboxylic acids is 2. The van der Waals surface area contributed by atoms with E-state index in [0.29, 0.717) is 17.8 Å². The smallest absolute Gasteiger partial charge is 0.322 e. The Morgan fingerprint density at radius 3 is 2.67 bits per heavy atom. The molecular formula is C21H25N3O3. The van der Waals surface area contributed by atoms with Crippen molar-refractivity contribution in [1.29, 1.82) is 0 Å². The molecule has 0 unspecified atom stereocenters. The number of benzene rings is 2. The van der Waals surface area contributed by atoms with Crippen LogP contribution in [0.15, 0.2) is 48.5 Å². The Kier molecular flexibility index (Phi) is 5.64. The molecule has 1 aliphatic rings. The minimum absolute atomic E-state index is 0.00295. The molecule has 3 rings (SSSR count). The van der Waals surface area contributed by atoms with Crippen LogP contribution >= 0.6 is 0 Å². The van der Waals surface area contributed by atoms with E-state index in [1.807, 2.05) is 35.2 Å². The zero-order chi connectivity index (χ0) is 19.4. The highest BCUT2D eigenvalue weighted by atomic mass is 16.5. The first kappa shape index (κ1) is 18.8. The van der Waals surface area contributed by atoms with E-state index in [4.69, 9.17) is 4.74 Å². The molecule has 2 aromatic rings. The number of ether oxygens (including phenoxy) is 1. The van der Waals surface area contributed by atoms with E-state index in [-0.39, 0.29) is 18.0 Å². The van der Waals surface area contributed by atoms with Crippen molar-refractivity contribution in [2.45, 2.75) is 18.9 Å². The van der Waals surface area contributed by atoms with Crippen molar-refractivity contribution in [3.05, 3.63) is 59.7 Å². The van der Waals surface area contributed by atoms with Crippen LogP contribution in [0.4, 0.5) is 10.5 Å². The zero-order valence-corrected chi connectivity index (χ0v) is 15.9. The number of anilines is 1. The number of carbonyl (C=O) groups is 2. The largest absolute Gasteiger partial charge is 0.497 e. The highest BCUT2D eigenvalue weighted by Gasteiger charge is 2.30. The lowest BCUT2D eigenvalue weighted by Gasteiger charge is -2.26. The fraction of sp³-hybridized carbons (Fsp3) is 0.333. The lowest BCUT2D eigenvalue weighted by atomic mass is 10.0. The van der Waals surface area contributed by atoms with Gasteiger partial charge in [-0.1, -0.05) is 24.3 Å². The Morgan fingerprint density at radius 2 is 1.93 bits per heavy atom. The van der Waals surface area contributed by atoms with Gasteiger partial charge in [0.1, 0.15) is 5.75 Å². The molecule has 0 saturated carbocycles. The zero-order valence-electron chi connectivity index (χ0n) is 15.9. The third-order valence-corrected chi connectivity index (χ3v) is 4.80. The molecule has 1 heterocycles. The number of amides is 3. The van der Waals surface area contributed by atoms with Crippen LogP contribution in [0, 0.1) is 0 Å². The number of methoxy groups -OCH3 is 1. The second-order valence-corrected chi connectivity index (χ2v) is 6.80. The van der Waals surface area contributed by atoms with Crippen molar-refractivity contribution in [2.24, 2.45) is 0 Å². The molecule has 1 N–H and O–H groups in total. The number of likely N-dealkylation sites (tertiary alicyclic amines) is 1. The standard InChI is InChI=1S/C21H25N3O3/c1-23(2)20(25)17-10-4-5-11-18(17)22-21(26)24-13-7-12-19(24)15-8-6-9-16(14-15)27-3/h4-6,8-11,14,19H,7,12-13H2,1-3H3,(H,22,26)/t19-/m0/s1. The van der Waals surface area contributed by atoms with E-state index in [9.17, 15) is 9.59 Å². The van der Waals surface area contributed by atoms with Crippen molar-refractivity contribution in [1.82, 2.24) is 9.80 Å². The Morgan fingerprint density at radius 1 is 1.15 bits per heavy atom. The number of urea groups is 1. The number of nitrogens with one attached hydrogen (secondary N) is 1. The van der Waals surface area contributed by atoms with Gasteiger partial charge < -0.3 is 19.9 Å². The van der Waals surface area contributed by atoms with E-state index in [1.54, 1.807) is 39.4 Å². The summed E-state index contributed by atoms with van der Waals surface area (Å²) in [7, 11) is 5.03. The highest BCUT2D eigenvalue weighted by Crippen LogP contribution is 2.34. The summed E-state index contributed by atoms with van der Waals surface area (Å²) >= 11 is 0. The summed E-state index contributed by atoms with van der Waals surface area (Å²) in [4.78, 5) is 28.7. The molecule has 27 heavy (non-hydrogen) atoms. The van der Waals surface area contributed by atoms with Crippen LogP contribution in [0.5, 0.6) is 5.75 Å². The molecule has 0 radical (unpaired) electrons. The van der Waals surface area contributed by atoms with E-state index in [1.165, 1.54) is 4.90 Å². The minimum Gasteiger partial charge on any atom is -0.497 e. The second-order valence-electron chi connectivity index (χ2n) is 6.80. The predicted molar refractivity (Wildman–Crippen MR) is 105 cm³/mol. The van der Waals surface area contributed by atoms with E-state index < -0.39 is 0 Å². The molecule has 0 aliphatic carbocycles. The van der Waals surface area contributed by atoms with Crippen LogP contribution in [0.2, 0.25) is 0 Å². The molecule has 1 aliphatic heterocycles. The van der Waals surface area contributed by atoms with Gasteiger partial charge >= 0.3 is 6.03 Å². The summed E-state index contributed by atoms with van der Waals surface area (Å²) in [5.41, 5.74) is 2.06. The van der Waals surface area contributed by atoms with Crippen molar-refractivity contribution in [3.8, 4) is 5.75 Å². The third-order valence-electron chi connectivity index (χ3n) is 4.80. The van der Waals surface area contributed by atoms with Gasteiger partial charge in [0.25, 0.3) is 5.91 Å². The number of hydrogen-bond donors (Lipinski definition) is 1. The first-order valence-electron chi connectivity index (χ1n) is 9.03. The van der Waals surface area contributed by atoms with Crippen molar-refractivity contribution in [2.75, 3.05) is 33.1 Å². The minimum atomic E-state index is -0.195. The fourth-order valence-electron chi connectivity index (χ4n) is 3.41. The van der Waals surface area contributed by atoms with Crippen LogP contribution < -0.4 is 10.1 Å². The van der Waals surface area contributed by atoms with Crippen LogP contribution in [0.3, 0.4) is 0 Å². The molecule has 0 aromatic heterocycles. The van der Waals surface area contributed by atoms with Gasteiger partial charge in [0.15, 0.2) is 0 Å². The maximum absolute atomic E-state index is 13.0. The predicted octanol–water partition coefficient (Wildman–Crippen LogP) is 3.77. The van der Waals surface area contributed by atoms with Gasteiger partial charge in [-0.2, -0.15) is 0 Å². The molecule has 1 atom stereocenters. The molecule has 6 heteroatoms. The van der Waals surface area contributed by atoms with E-state index >= 15 is 0 Å². The Balaban J connectivity index is 1.81. The van der Waals surface area contributed by atoms with Crippen molar-refractivity contribution in [3.63, 3.8) is 0 Å². The summed E-state index contributed by atoms with van der Waals surface area (Å²) < 4.78 is 5.31. The molecule has 1 saturated heterocycles. The molecule has 2 aromatic carbocycles. The van der Waals surface area contributed by atoms with Crippen molar-refractivity contribution < 1.29 is 14.3 Å². The topological polar surface area (TPSA) is 61.9 Å². The first-order valence-corrected chi connectivity index (χ1v) is 9.03. The normalized spacial score (nSPS) is 16.1. The van der Waals surface area contributed by atoms with Gasteiger partial charge in [0.05, 0.1) is 24.4 Å². The molecule has 142 valence electrons. The monoisotopic (exact) mass is 367 g/mol. The molecule has 0 bridgehead atoms. The van der Waals surface area contributed by atoms with Crippen LogP contribution in [-0.4, -0.2) is 49.5 Å². The fourth-order valence-corrected chi connectivity index (χ4v) is 3.41. The molecular weight excluding hydrogens is 342 g/mol. The Bertz CT molecular complexity index is 835. The Labute approximate surface area is 159 Å². The number of nitrogens with zero attached hydrogens (tertiary/aromatic N) is 2. The maximum atomic E-state index is 13.0. The van der Waals surface area contributed by atoms with E-state index in [0.717, 1.165) is 24.2 Å². The quantitative estimate of drug-likeness (QED) is 0.895. The molecule has 1 fully saturated rings. The average molecular weight is 367 g/mol. The summed E-state index contributed by atoms with van der Waals surface area (Å²) in [6, 6.07) is 14.7. The van der Waals surface area contributed by atoms with Crippen LogP contribution in [0.25, 0.3) is 0 Å². The summed E-state index contributed by atoms with van der Waals surface area (Å²) in [6.07, 6.45) is 1.84. The third kappa shape index (κ3) is 4.05. The van der Waals surface area contributed by atoms with Gasteiger partial charge in [-0.15, -0.1) is 0 Å². The molecule has 3 amide bonds. The number of hydrogen-bond acceptors (Lipinski definition) is 3. The second kappa shape index (κ2) is 8.12. The van der Waals surface area contributed by atoms with Crippen LogP contribution in [-0.2, 0) is 0 Å². The SMILES string of the molecule is COc1cccc([C@@H]2CCCN2C(=O)Nc2ccccc2C(=O)N(C)C)c1. The first-order chi connectivity index (χ1) is 13.0.